The van der Waals surface area contributed by atoms with Crippen molar-refractivity contribution in [3.05, 3.63) is 51.4 Å². The third-order valence-electron chi connectivity index (χ3n) is 4.02. The second-order valence-electron chi connectivity index (χ2n) is 5.37. The van der Waals surface area contributed by atoms with Gasteiger partial charge in [0.15, 0.2) is 0 Å². The molecule has 1 fully saturated rings. The van der Waals surface area contributed by atoms with E-state index in [-0.39, 0.29) is 11.9 Å². The molecule has 21 heavy (non-hydrogen) atoms. The highest BCUT2D eigenvalue weighted by Crippen LogP contribution is 2.37. The molecule has 2 heterocycles. The summed E-state index contributed by atoms with van der Waals surface area (Å²) >= 11 is 7.77. The van der Waals surface area contributed by atoms with Crippen LogP contribution < -0.4 is 5.32 Å². The summed E-state index contributed by atoms with van der Waals surface area (Å²) in [7, 11) is 0. The number of hydrogen-bond acceptors (Lipinski definition) is 3. The third-order valence-corrected chi connectivity index (χ3v) is 5.28. The molecule has 1 aliphatic carbocycles. The van der Waals surface area contributed by atoms with Crippen LogP contribution >= 0.6 is 22.9 Å². The van der Waals surface area contributed by atoms with Crippen molar-refractivity contribution in [1.82, 2.24) is 10.3 Å². The normalized spacial score (nSPS) is 16.8. The fraction of sp³-hybridized carbons (Fsp3) is 0.375. The number of pyridine rings is 1. The van der Waals surface area contributed by atoms with Gasteiger partial charge in [-0.1, -0.05) is 30.5 Å². The second-order valence-corrected chi connectivity index (χ2v) is 6.75. The highest BCUT2D eigenvalue weighted by molar-refractivity contribution is 7.10. The number of carbonyl (C=O) groups is 1. The van der Waals surface area contributed by atoms with E-state index in [4.69, 9.17) is 11.6 Å². The van der Waals surface area contributed by atoms with E-state index in [0.717, 1.165) is 0 Å². The van der Waals surface area contributed by atoms with Gasteiger partial charge in [-0.15, -0.1) is 11.3 Å². The minimum atomic E-state index is -0.118. The summed E-state index contributed by atoms with van der Waals surface area (Å²) < 4.78 is 0. The van der Waals surface area contributed by atoms with E-state index in [1.807, 2.05) is 6.07 Å². The standard InChI is InChI=1S/C16H17ClN2OS/c17-13-10-18-8-7-12(13)16(20)19-15(11-4-1-2-5-11)14-6-3-9-21-14/h3,6-11,15H,1-2,4-5H2,(H,19,20). The maximum Gasteiger partial charge on any atom is 0.253 e. The van der Waals surface area contributed by atoms with Gasteiger partial charge < -0.3 is 5.32 Å². The Kier molecular flexibility index (Phi) is 4.56. The van der Waals surface area contributed by atoms with E-state index in [2.05, 4.69) is 21.7 Å². The minimum Gasteiger partial charge on any atom is -0.344 e. The maximum atomic E-state index is 12.5. The van der Waals surface area contributed by atoms with Crippen LogP contribution in [0.3, 0.4) is 0 Å². The monoisotopic (exact) mass is 320 g/mol. The minimum absolute atomic E-state index is 0.0873. The number of hydrogen-bond donors (Lipinski definition) is 1. The van der Waals surface area contributed by atoms with Gasteiger partial charge in [-0.25, -0.2) is 0 Å². The van der Waals surface area contributed by atoms with Gasteiger partial charge in [0.05, 0.1) is 16.6 Å². The van der Waals surface area contributed by atoms with E-state index >= 15 is 0 Å². The SMILES string of the molecule is O=C(NC(c1cccs1)C1CCCC1)c1ccncc1Cl. The molecule has 0 aliphatic heterocycles. The quantitative estimate of drug-likeness (QED) is 0.903. The van der Waals surface area contributed by atoms with E-state index < -0.39 is 0 Å². The summed E-state index contributed by atoms with van der Waals surface area (Å²) in [5.41, 5.74) is 0.492. The van der Waals surface area contributed by atoms with E-state index in [0.29, 0.717) is 16.5 Å². The summed E-state index contributed by atoms with van der Waals surface area (Å²) in [6.45, 7) is 0. The molecule has 1 N–H and O–H groups in total. The Morgan fingerprint density at radius 1 is 1.38 bits per heavy atom. The zero-order valence-corrected chi connectivity index (χ0v) is 13.2. The fourth-order valence-electron chi connectivity index (χ4n) is 2.96. The smallest absolute Gasteiger partial charge is 0.253 e. The maximum absolute atomic E-state index is 12.5. The molecule has 0 aromatic carbocycles. The first-order valence-corrected chi connectivity index (χ1v) is 8.45. The Labute approximate surface area is 133 Å². The average molecular weight is 321 g/mol. The van der Waals surface area contributed by atoms with Gasteiger partial charge in [0.1, 0.15) is 0 Å². The van der Waals surface area contributed by atoms with Gasteiger partial charge in [0.2, 0.25) is 0 Å². The van der Waals surface area contributed by atoms with E-state index in [1.54, 1.807) is 23.6 Å². The zero-order valence-electron chi connectivity index (χ0n) is 11.6. The lowest BCUT2D eigenvalue weighted by Crippen LogP contribution is -2.32. The summed E-state index contributed by atoms with van der Waals surface area (Å²) in [5, 5.41) is 5.63. The van der Waals surface area contributed by atoms with Crippen LogP contribution in [-0.4, -0.2) is 10.9 Å². The first kappa shape index (κ1) is 14.5. The number of aromatic nitrogens is 1. The van der Waals surface area contributed by atoms with Crippen LogP contribution in [0.5, 0.6) is 0 Å². The Bertz CT molecular complexity index is 608. The molecule has 110 valence electrons. The van der Waals surface area contributed by atoms with Crippen molar-refractivity contribution in [2.75, 3.05) is 0 Å². The summed E-state index contributed by atoms with van der Waals surface area (Å²) in [6, 6.07) is 5.89. The molecule has 0 bridgehead atoms. The van der Waals surface area contributed by atoms with Crippen molar-refractivity contribution >= 4 is 28.8 Å². The van der Waals surface area contributed by atoms with Crippen LogP contribution in [-0.2, 0) is 0 Å². The van der Waals surface area contributed by atoms with E-state index in [9.17, 15) is 4.79 Å². The Morgan fingerprint density at radius 2 is 2.19 bits per heavy atom. The molecule has 1 atom stereocenters. The van der Waals surface area contributed by atoms with Crippen molar-refractivity contribution < 1.29 is 4.79 Å². The lowest BCUT2D eigenvalue weighted by Gasteiger charge is -2.24. The molecule has 2 aromatic heterocycles. The lowest BCUT2D eigenvalue weighted by atomic mass is 9.96. The molecule has 3 rings (SSSR count). The van der Waals surface area contributed by atoms with Crippen LogP contribution in [0.2, 0.25) is 5.02 Å². The van der Waals surface area contributed by atoms with Crippen molar-refractivity contribution in [3.8, 4) is 0 Å². The number of thiophene rings is 1. The topological polar surface area (TPSA) is 42.0 Å². The highest BCUT2D eigenvalue weighted by Gasteiger charge is 2.29. The molecule has 0 spiro atoms. The van der Waals surface area contributed by atoms with Gasteiger partial charge in [-0.3, -0.25) is 9.78 Å². The predicted octanol–water partition coefficient (Wildman–Crippen LogP) is 4.46. The van der Waals surface area contributed by atoms with Gasteiger partial charge in [0, 0.05) is 17.3 Å². The van der Waals surface area contributed by atoms with Crippen molar-refractivity contribution in [1.29, 1.82) is 0 Å². The zero-order chi connectivity index (χ0) is 14.7. The molecule has 3 nitrogen and oxygen atoms in total. The van der Waals surface area contributed by atoms with Crippen molar-refractivity contribution in [3.63, 3.8) is 0 Å². The summed E-state index contributed by atoms with van der Waals surface area (Å²) in [6.07, 6.45) is 7.94. The number of carbonyl (C=O) groups excluding carboxylic acids is 1. The van der Waals surface area contributed by atoms with Crippen LogP contribution in [0.1, 0.15) is 47.0 Å². The van der Waals surface area contributed by atoms with Crippen molar-refractivity contribution in [2.24, 2.45) is 5.92 Å². The molecule has 1 saturated carbocycles. The molecular formula is C16H17ClN2OS. The summed E-state index contributed by atoms with van der Waals surface area (Å²) in [4.78, 5) is 17.7. The lowest BCUT2D eigenvalue weighted by molar-refractivity contribution is 0.0923. The Balaban J connectivity index is 1.81. The molecular weight excluding hydrogens is 304 g/mol. The first-order chi connectivity index (χ1) is 10.3. The Hall–Kier alpha value is -1.39. The van der Waals surface area contributed by atoms with Gasteiger partial charge in [-0.05, 0) is 36.3 Å². The van der Waals surface area contributed by atoms with Gasteiger partial charge in [-0.2, -0.15) is 0 Å². The highest BCUT2D eigenvalue weighted by atomic mass is 35.5. The number of rotatable bonds is 4. The number of amides is 1. The average Bonchev–Trinajstić information content (AvgIpc) is 3.18. The molecule has 1 aliphatic rings. The molecule has 0 saturated heterocycles. The van der Waals surface area contributed by atoms with Crippen LogP contribution in [0.15, 0.2) is 36.0 Å². The Morgan fingerprint density at radius 3 is 2.86 bits per heavy atom. The largest absolute Gasteiger partial charge is 0.344 e. The number of nitrogens with one attached hydrogen (secondary N) is 1. The molecule has 1 amide bonds. The summed E-state index contributed by atoms with van der Waals surface area (Å²) in [5.74, 6) is 0.404. The third kappa shape index (κ3) is 3.27. The molecule has 0 radical (unpaired) electrons. The fourth-order valence-corrected chi connectivity index (χ4v) is 4.03. The molecule has 1 unspecified atom stereocenters. The molecule has 2 aromatic rings. The van der Waals surface area contributed by atoms with Crippen LogP contribution in [0.4, 0.5) is 0 Å². The van der Waals surface area contributed by atoms with E-state index in [1.165, 1.54) is 36.8 Å². The van der Waals surface area contributed by atoms with Crippen LogP contribution in [0, 0.1) is 5.92 Å². The van der Waals surface area contributed by atoms with Gasteiger partial charge >= 0.3 is 0 Å². The number of halogens is 1. The van der Waals surface area contributed by atoms with Gasteiger partial charge in [0.25, 0.3) is 5.91 Å². The number of nitrogens with zero attached hydrogens (tertiary/aromatic N) is 1. The van der Waals surface area contributed by atoms with Crippen LogP contribution in [0.25, 0.3) is 0 Å². The predicted molar refractivity (Wildman–Crippen MR) is 85.7 cm³/mol. The second kappa shape index (κ2) is 6.58. The first-order valence-electron chi connectivity index (χ1n) is 7.19. The van der Waals surface area contributed by atoms with Crippen molar-refractivity contribution in [2.45, 2.75) is 31.7 Å². The molecule has 5 heteroatoms.